The second kappa shape index (κ2) is 17.1. The molecule has 0 unspecified atom stereocenters. The molecule has 252 valence electrons. The van der Waals surface area contributed by atoms with E-state index in [4.69, 9.17) is 14.5 Å². The van der Waals surface area contributed by atoms with Crippen LogP contribution in [-0.2, 0) is 25.3 Å². The number of nitrogens with zero attached hydrogens (tertiary/aromatic N) is 5. The molecule has 0 saturated carbocycles. The van der Waals surface area contributed by atoms with Crippen LogP contribution in [0, 0.1) is 5.63 Å². The summed E-state index contributed by atoms with van der Waals surface area (Å²) in [4.78, 5) is 55.3. The SMILES string of the molecule is CCCCOC(=O)N1CCN(C(=O)[C@H](Cc2ccc(C#P=O)cc2)NC(=O)c2cc(N3CC[C@H](OC)C3)nc(-c3ccccc3)n2)CC1. The number of ether oxygens (including phenoxy) is 2. The van der Waals surface area contributed by atoms with E-state index in [0.717, 1.165) is 36.9 Å². The first-order valence-corrected chi connectivity index (χ1v) is 17.1. The zero-order chi connectivity index (χ0) is 33.9. The molecule has 0 bridgehead atoms. The zero-order valence-electron chi connectivity index (χ0n) is 27.3. The Labute approximate surface area is 281 Å². The molecule has 0 radical (unpaired) electrons. The van der Waals surface area contributed by atoms with Gasteiger partial charge in [-0.15, -0.1) is 0 Å². The average Bonchev–Trinajstić information content (AvgIpc) is 3.62. The Balaban J connectivity index is 1.38. The van der Waals surface area contributed by atoms with Gasteiger partial charge in [-0.25, -0.2) is 9.78 Å². The Morgan fingerprint density at radius 2 is 1.73 bits per heavy atom. The molecular formula is C35H41N6O6P. The summed E-state index contributed by atoms with van der Waals surface area (Å²) in [5.41, 5.74) is 5.07. The fraction of sp³-hybridized carbons (Fsp3) is 0.429. The summed E-state index contributed by atoms with van der Waals surface area (Å²) in [6.07, 6.45) is 2.46. The number of unbranched alkanes of at least 4 members (excludes halogenated alkanes) is 1. The van der Waals surface area contributed by atoms with Gasteiger partial charge >= 0.3 is 163 Å². The van der Waals surface area contributed by atoms with Gasteiger partial charge in [0.1, 0.15) is 0 Å². The predicted octanol–water partition coefficient (Wildman–Crippen LogP) is 4.39. The Morgan fingerprint density at radius 1 is 1.00 bits per heavy atom. The van der Waals surface area contributed by atoms with Gasteiger partial charge in [0.25, 0.3) is 0 Å². The Hall–Kier alpha value is -4.50. The van der Waals surface area contributed by atoms with Crippen LogP contribution in [0.4, 0.5) is 10.6 Å². The van der Waals surface area contributed by atoms with E-state index in [-0.39, 0.29) is 38.1 Å². The van der Waals surface area contributed by atoms with Crippen molar-refractivity contribution in [2.24, 2.45) is 0 Å². The van der Waals surface area contributed by atoms with E-state index in [9.17, 15) is 18.9 Å². The van der Waals surface area contributed by atoms with E-state index >= 15 is 0 Å². The number of hydrogen-bond acceptors (Lipinski definition) is 9. The summed E-state index contributed by atoms with van der Waals surface area (Å²) in [5.74, 6) is 0.254. The molecule has 1 aromatic heterocycles. The number of aromatic nitrogens is 2. The van der Waals surface area contributed by atoms with Crippen LogP contribution in [0.5, 0.6) is 0 Å². The van der Waals surface area contributed by atoms with E-state index in [1.54, 1.807) is 35.1 Å². The number of amides is 3. The monoisotopic (exact) mass is 672 g/mol. The fourth-order valence-corrected chi connectivity index (χ4v) is 5.97. The number of methoxy groups -OCH3 is 1. The van der Waals surface area contributed by atoms with Gasteiger partial charge in [0.2, 0.25) is 0 Å². The van der Waals surface area contributed by atoms with Crippen molar-refractivity contribution in [3.63, 3.8) is 0 Å². The van der Waals surface area contributed by atoms with Crippen LogP contribution in [0.3, 0.4) is 0 Å². The van der Waals surface area contributed by atoms with Crippen molar-refractivity contribution in [3.05, 3.63) is 77.5 Å². The molecule has 0 aliphatic carbocycles. The quantitative estimate of drug-likeness (QED) is 0.233. The Morgan fingerprint density at radius 3 is 2.40 bits per heavy atom. The Bertz CT molecular complexity index is 1680. The molecule has 2 fully saturated rings. The van der Waals surface area contributed by atoms with Gasteiger partial charge in [0.05, 0.1) is 12.7 Å². The third-order valence-electron chi connectivity index (χ3n) is 8.52. The normalized spacial score (nSPS) is 16.6. The molecule has 12 nitrogen and oxygen atoms in total. The van der Waals surface area contributed by atoms with Crippen LogP contribution in [0.1, 0.15) is 47.8 Å². The number of hydrogen-bond donors (Lipinski definition) is 1. The zero-order valence-corrected chi connectivity index (χ0v) is 28.2. The Kier molecular flexibility index (Phi) is 12.4. The van der Waals surface area contributed by atoms with Gasteiger partial charge in [-0.3, -0.25) is 0 Å². The summed E-state index contributed by atoms with van der Waals surface area (Å²) < 4.78 is 21.9. The van der Waals surface area contributed by atoms with Crippen molar-refractivity contribution in [1.82, 2.24) is 25.1 Å². The first kappa shape index (κ1) is 34.8. The van der Waals surface area contributed by atoms with Crippen LogP contribution in [0.15, 0.2) is 60.7 Å². The molecule has 1 N–H and O–H groups in total. The van der Waals surface area contributed by atoms with E-state index < -0.39 is 11.9 Å². The van der Waals surface area contributed by atoms with Crippen LogP contribution < -0.4 is 10.2 Å². The molecular weight excluding hydrogens is 631 g/mol. The van der Waals surface area contributed by atoms with Gasteiger partial charge in [-0.05, 0) is 12.8 Å². The van der Waals surface area contributed by atoms with E-state index in [1.807, 2.05) is 49.4 Å². The summed E-state index contributed by atoms with van der Waals surface area (Å²) in [7, 11) is 1.47. The molecule has 2 aliphatic heterocycles. The van der Waals surface area contributed by atoms with Gasteiger partial charge in [0, 0.05) is 25.8 Å². The van der Waals surface area contributed by atoms with E-state index in [1.165, 1.54) is 0 Å². The molecule has 48 heavy (non-hydrogen) atoms. The summed E-state index contributed by atoms with van der Waals surface area (Å²) in [5, 5.41) is 2.97. The molecule has 3 heterocycles. The van der Waals surface area contributed by atoms with Gasteiger partial charge in [-0.2, -0.15) is 0 Å². The molecule has 2 aliphatic rings. The van der Waals surface area contributed by atoms with Crippen molar-refractivity contribution in [2.75, 3.05) is 57.9 Å². The molecule has 2 saturated heterocycles. The summed E-state index contributed by atoms with van der Waals surface area (Å²) in [6.45, 7) is 5.05. The van der Waals surface area contributed by atoms with Crippen molar-refractivity contribution >= 4 is 31.6 Å². The number of rotatable bonds is 11. The second-order valence-electron chi connectivity index (χ2n) is 11.8. The maximum absolute atomic E-state index is 14.0. The molecule has 5 rings (SSSR count). The molecule has 13 heteroatoms. The number of piperazine rings is 1. The van der Waals surface area contributed by atoms with Crippen LogP contribution in [0.2, 0.25) is 0 Å². The second-order valence-corrected chi connectivity index (χ2v) is 12.2. The van der Waals surface area contributed by atoms with E-state index in [2.05, 4.69) is 20.8 Å². The predicted molar refractivity (Wildman–Crippen MR) is 182 cm³/mol. The minimum absolute atomic E-state index is 0.0628. The van der Waals surface area contributed by atoms with Gasteiger partial charge in [-0.1, -0.05) is 43.7 Å². The average molecular weight is 673 g/mol. The van der Waals surface area contributed by atoms with Gasteiger partial charge in [0.15, 0.2) is 0 Å². The number of benzene rings is 2. The molecule has 2 atom stereocenters. The third kappa shape index (κ3) is 9.10. The maximum atomic E-state index is 14.0. The van der Waals surface area contributed by atoms with Crippen molar-refractivity contribution in [1.29, 1.82) is 0 Å². The molecule has 3 aromatic rings. The topological polar surface area (TPSA) is 134 Å². The first-order valence-electron chi connectivity index (χ1n) is 16.3. The molecule has 3 amide bonds. The van der Waals surface area contributed by atoms with E-state index in [0.29, 0.717) is 56.5 Å². The van der Waals surface area contributed by atoms with Gasteiger partial charge < -0.3 is 14.4 Å². The van der Waals surface area contributed by atoms with Crippen LogP contribution in [-0.4, -0.2) is 103 Å². The third-order valence-corrected chi connectivity index (χ3v) is 8.87. The fourth-order valence-electron chi connectivity index (χ4n) is 5.72. The number of carbonyl (C=O) groups is 3. The summed E-state index contributed by atoms with van der Waals surface area (Å²) in [6, 6.07) is 17.4. The van der Waals surface area contributed by atoms with Crippen molar-refractivity contribution in [2.45, 2.75) is 44.8 Å². The number of nitrogens with one attached hydrogen (secondary N) is 1. The summed E-state index contributed by atoms with van der Waals surface area (Å²) >= 11 is 0. The van der Waals surface area contributed by atoms with Crippen molar-refractivity contribution in [3.8, 4) is 17.0 Å². The number of carbonyl (C=O) groups excluding carboxylic acids is 3. The minimum atomic E-state index is -0.916. The van der Waals surface area contributed by atoms with Crippen molar-refractivity contribution < 1.29 is 28.4 Å². The van der Waals surface area contributed by atoms with Crippen LogP contribution in [0.25, 0.3) is 11.4 Å². The first-order chi connectivity index (χ1) is 23.4. The van der Waals surface area contributed by atoms with Crippen LogP contribution >= 0.6 is 7.92 Å². The number of anilines is 1. The molecule has 0 spiro atoms. The standard InChI is InChI=1S/C35H41N6O6P/c1-3-4-20-47-35(44)40-18-16-39(17-19-40)34(43)30(21-25-10-12-26(13-11-25)24-48-45)37-33(42)29-22-31(41-15-14-28(23-41)46-2)38-32(36-29)27-8-6-5-7-9-27/h5-13,22,28,30H,3-4,14-21,23H2,1-2H3,(H,37,42)/t28-,30-/m0/s1. The molecule has 2 aromatic carbocycles.